The van der Waals surface area contributed by atoms with Crippen LogP contribution in [0.2, 0.25) is 0 Å². The quantitative estimate of drug-likeness (QED) is 0.557. The van der Waals surface area contributed by atoms with E-state index in [1.807, 2.05) is 0 Å². The van der Waals surface area contributed by atoms with E-state index >= 15 is 0 Å². The first-order valence-corrected chi connectivity index (χ1v) is 5.31. The van der Waals surface area contributed by atoms with Gasteiger partial charge in [-0.3, -0.25) is 0 Å². The maximum Gasteiger partial charge on any atom is 3.00 e. The summed E-state index contributed by atoms with van der Waals surface area (Å²) in [6.07, 6.45) is 1.18. The van der Waals surface area contributed by atoms with Gasteiger partial charge in [0.2, 0.25) is 0 Å². The van der Waals surface area contributed by atoms with Gasteiger partial charge in [-0.15, -0.1) is 0 Å². The first kappa shape index (κ1) is 22.8. The number of nitrogens with zero attached hydrogens (tertiary/aromatic N) is 1. The molecule has 17 heavy (non-hydrogen) atoms. The summed E-state index contributed by atoms with van der Waals surface area (Å²) in [6, 6.07) is 0. The molecule has 0 unspecified atom stereocenters. The average molecular weight is 270 g/mol. The van der Waals surface area contributed by atoms with Crippen molar-refractivity contribution in [3.05, 3.63) is 44.4 Å². The van der Waals surface area contributed by atoms with E-state index in [0.29, 0.717) is 0 Å². The van der Waals surface area contributed by atoms with Crippen molar-refractivity contribution in [1.82, 2.24) is 4.90 Å². The second-order valence-corrected chi connectivity index (χ2v) is 4.53. The Bertz CT molecular complexity index is 168. The maximum atomic E-state index is 2.25. The van der Waals surface area contributed by atoms with Gasteiger partial charge in [0, 0.05) is 0 Å². The minimum absolute atomic E-state index is 0. The van der Waals surface area contributed by atoms with Crippen molar-refractivity contribution >= 4 is 0 Å². The van der Waals surface area contributed by atoms with E-state index in [4.69, 9.17) is 0 Å². The Morgan fingerprint density at radius 2 is 1.12 bits per heavy atom. The Kier molecular flexibility index (Phi) is 12.9. The molecule has 0 amide bonds. The van der Waals surface area contributed by atoms with Gasteiger partial charge in [0.05, 0.1) is 0 Å². The smallest absolute Gasteiger partial charge is 0.358 e. The molecule has 1 nitrogen and oxygen atoms in total. The zero-order valence-corrected chi connectivity index (χ0v) is 14.4. The van der Waals surface area contributed by atoms with Crippen molar-refractivity contribution < 1.29 is 21.7 Å². The fourth-order valence-corrected chi connectivity index (χ4v) is 2.01. The van der Waals surface area contributed by atoms with Gasteiger partial charge < -0.3 is 19.8 Å². The molecule has 0 aromatic heterocycles. The van der Waals surface area contributed by atoms with Crippen LogP contribution >= 0.6 is 0 Å². The maximum absolute atomic E-state index is 2.25. The summed E-state index contributed by atoms with van der Waals surface area (Å²) in [6.45, 7) is 10.1. The number of rotatable bonds is 3. The second-order valence-electron chi connectivity index (χ2n) is 4.53. The molecule has 2 heteroatoms. The van der Waals surface area contributed by atoms with Crippen LogP contribution in [-0.4, -0.2) is 25.5 Å². The van der Waals surface area contributed by atoms with E-state index in [-0.39, 0.29) is 36.6 Å². The number of hydrogen-bond acceptors (Lipinski definition) is 1. The summed E-state index contributed by atoms with van der Waals surface area (Å²) in [5.74, 6) is 7.53. The van der Waals surface area contributed by atoms with Gasteiger partial charge in [-0.25, -0.2) is 0 Å². The standard InChI is InChI=1S/C13H22N.2CH3.Ti/c1-9-10(2)12(4)13(11(9)3)7-8-14(5)6;;;/h7-8H2,1-6H3;2*1H3;/q;2*-1;+3. The molecule has 1 aliphatic rings. The van der Waals surface area contributed by atoms with Crippen LogP contribution in [0.1, 0.15) is 34.1 Å². The van der Waals surface area contributed by atoms with Crippen LogP contribution in [0.3, 0.4) is 0 Å². The Hall–Kier alpha value is 0.674. The summed E-state index contributed by atoms with van der Waals surface area (Å²) in [4.78, 5) is 2.25. The molecule has 0 N–H and O–H groups in total. The zero-order chi connectivity index (χ0) is 10.9. The van der Waals surface area contributed by atoms with Crippen LogP contribution in [0.4, 0.5) is 0 Å². The molecule has 1 aliphatic carbocycles. The normalized spacial score (nSPS) is 19.9. The number of hydrogen-bond donors (Lipinski definition) is 0. The second kappa shape index (κ2) is 9.58. The minimum Gasteiger partial charge on any atom is -0.358 e. The van der Waals surface area contributed by atoms with Gasteiger partial charge in [-0.05, 0) is 56.7 Å². The molecule has 0 saturated heterocycles. The molecule has 0 spiro atoms. The van der Waals surface area contributed by atoms with Crippen LogP contribution in [0, 0.1) is 44.4 Å². The van der Waals surface area contributed by atoms with Crippen molar-refractivity contribution in [2.45, 2.75) is 34.1 Å². The molecule has 1 rings (SSSR count). The monoisotopic (exact) mass is 270 g/mol. The van der Waals surface area contributed by atoms with Crippen LogP contribution < -0.4 is 0 Å². The van der Waals surface area contributed by atoms with Crippen molar-refractivity contribution in [1.29, 1.82) is 0 Å². The largest absolute Gasteiger partial charge is 3.00 e. The van der Waals surface area contributed by atoms with Crippen LogP contribution in [0.15, 0.2) is 0 Å². The Morgan fingerprint density at radius 1 is 0.765 bits per heavy atom. The Morgan fingerprint density at radius 3 is 1.41 bits per heavy atom. The first-order valence-electron chi connectivity index (χ1n) is 5.31. The van der Waals surface area contributed by atoms with E-state index in [2.05, 4.69) is 46.7 Å². The van der Waals surface area contributed by atoms with Gasteiger partial charge in [-0.2, -0.15) is 0 Å². The third kappa shape index (κ3) is 5.45. The molecule has 0 heterocycles. The van der Waals surface area contributed by atoms with Gasteiger partial charge in [0.25, 0.3) is 0 Å². The topological polar surface area (TPSA) is 3.24 Å². The van der Waals surface area contributed by atoms with Gasteiger partial charge >= 0.3 is 21.7 Å². The van der Waals surface area contributed by atoms with E-state index in [1.54, 1.807) is 5.92 Å². The summed E-state index contributed by atoms with van der Waals surface area (Å²) in [5.41, 5.74) is 0. The predicted octanol–water partition coefficient (Wildman–Crippen LogP) is 3.80. The van der Waals surface area contributed by atoms with Crippen molar-refractivity contribution in [3.8, 4) is 0 Å². The average Bonchev–Trinajstić information content (AvgIpc) is 2.29. The van der Waals surface area contributed by atoms with E-state index in [9.17, 15) is 0 Å². The minimum atomic E-state index is 0. The summed E-state index contributed by atoms with van der Waals surface area (Å²) in [7, 11) is 4.26. The third-order valence-electron chi connectivity index (χ3n) is 3.40. The van der Waals surface area contributed by atoms with E-state index < -0.39 is 0 Å². The van der Waals surface area contributed by atoms with Crippen LogP contribution in [0.5, 0.6) is 0 Å². The SMILES string of the molecule is C[C]1[C](C)[C](C)[C](CCN(C)C)[C]1C.[CH3-].[CH3-].[Ti+3]. The Balaban J connectivity index is -0.000000653. The van der Waals surface area contributed by atoms with Crippen molar-refractivity contribution in [2.75, 3.05) is 20.6 Å². The molecule has 0 atom stereocenters. The summed E-state index contributed by atoms with van der Waals surface area (Å²) < 4.78 is 0. The van der Waals surface area contributed by atoms with Crippen molar-refractivity contribution in [3.63, 3.8) is 0 Å². The first-order chi connectivity index (χ1) is 6.45. The van der Waals surface area contributed by atoms with Gasteiger partial charge in [0.15, 0.2) is 0 Å². The van der Waals surface area contributed by atoms with Crippen LogP contribution in [-0.2, 0) is 21.7 Å². The molecular weight excluding hydrogens is 242 g/mol. The summed E-state index contributed by atoms with van der Waals surface area (Å²) >= 11 is 0. The Labute approximate surface area is 126 Å². The molecular formula is C15H28NTi+. The third-order valence-corrected chi connectivity index (χ3v) is 3.40. The summed E-state index contributed by atoms with van der Waals surface area (Å²) in [5, 5.41) is 0. The molecule has 96 valence electrons. The molecule has 0 aromatic rings. The van der Waals surface area contributed by atoms with E-state index in [0.717, 1.165) is 6.54 Å². The zero-order valence-electron chi connectivity index (χ0n) is 12.9. The van der Waals surface area contributed by atoms with Gasteiger partial charge in [0.1, 0.15) is 0 Å². The molecule has 1 saturated carbocycles. The molecule has 6 radical (unpaired) electrons. The predicted molar refractivity (Wildman–Crippen MR) is 74.9 cm³/mol. The molecule has 0 aromatic carbocycles. The molecule has 0 bridgehead atoms. The van der Waals surface area contributed by atoms with E-state index in [1.165, 1.54) is 30.1 Å². The van der Waals surface area contributed by atoms with Crippen molar-refractivity contribution in [2.24, 2.45) is 0 Å². The molecule has 0 aliphatic heterocycles. The fraction of sp³-hybridized carbons (Fsp3) is 0.533. The van der Waals surface area contributed by atoms with Gasteiger partial charge in [-0.1, -0.05) is 27.7 Å². The fourth-order valence-electron chi connectivity index (χ4n) is 2.01. The van der Waals surface area contributed by atoms with Crippen LogP contribution in [0.25, 0.3) is 0 Å². The molecule has 1 fully saturated rings.